The van der Waals surface area contributed by atoms with Gasteiger partial charge in [-0.15, -0.1) is 0 Å². The van der Waals surface area contributed by atoms with Crippen LogP contribution in [0.4, 0.5) is 5.69 Å². The number of carbonyl (C=O) groups excluding carboxylic acids is 1. The zero-order valence-corrected chi connectivity index (χ0v) is 13.6. The minimum absolute atomic E-state index is 0.0740. The van der Waals surface area contributed by atoms with E-state index in [9.17, 15) is 13.6 Å². The maximum absolute atomic E-state index is 11.7. The van der Waals surface area contributed by atoms with Gasteiger partial charge in [0, 0.05) is 29.9 Å². The van der Waals surface area contributed by atoms with Crippen molar-refractivity contribution in [3.8, 4) is 0 Å². The van der Waals surface area contributed by atoms with Crippen LogP contribution < -0.4 is 10.0 Å². The molecule has 1 atom stereocenters. The number of nitrogens with one attached hydrogen (secondary N) is 2. The van der Waals surface area contributed by atoms with Crippen LogP contribution in [0, 0.1) is 5.41 Å². The number of rotatable bonds is 7. The molecule has 118 valence electrons. The lowest BCUT2D eigenvalue weighted by atomic mass is 9.90. The fraction of sp³-hybridized carbons (Fsp3) is 0.533. The lowest BCUT2D eigenvalue weighted by Gasteiger charge is -2.17. The molecule has 21 heavy (non-hydrogen) atoms. The van der Waals surface area contributed by atoms with E-state index in [0.717, 1.165) is 18.4 Å². The van der Waals surface area contributed by atoms with Crippen LogP contribution in [0.25, 0.3) is 0 Å². The maximum atomic E-state index is 11.7. The van der Waals surface area contributed by atoms with Gasteiger partial charge in [-0.3, -0.25) is 9.00 Å². The highest BCUT2D eigenvalue weighted by molar-refractivity contribution is 7.80. The summed E-state index contributed by atoms with van der Waals surface area (Å²) in [6.45, 7) is 6.93. The molecule has 0 radical (unpaired) electrons. The first-order valence-electron chi connectivity index (χ1n) is 6.98. The molecule has 0 saturated heterocycles. The summed E-state index contributed by atoms with van der Waals surface area (Å²) >= 11 is -2.30. The Labute approximate surface area is 128 Å². The first-order chi connectivity index (χ1) is 9.76. The van der Waals surface area contributed by atoms with Gasteiger partial charge in [-0.25, -0.2) is 0 Å². The Hall–Kier alpha value is -1.40. The smallest absolute Gasteiger partial charge is 0.220 e. The van der Waals surface area contributed by atoms with Crippen molar-refractivity contribution < 1.29 is 13.6 Å². The molecule has 0 aliphatic rings. The second-order valence-corrected chi connectivity index (χ2v) is 6.87. The fourth-order valence-electron chi connectivity index (χ4n) is 1.76. The van der Waals surface area contributed by atoms with Crippen molar-refractivity contribution in [3.63, 3.8) is 0 Å². The lowest BCUT2D eigenvalue weighted by molar-refractivity contribution is -0.121. The molecule has 0 aliphatic carbocycles. The molecule has 0 bridgehead atoms. The van der Waals surface area contributed by atoms with Crippen LogP contribution >= 0.6 is 0 Å². The van der Waals surface area contributed by atoms with Gasteiger partial charge in [-0.1, -0.05) is 32.9 Å². The van der Waals surface area contributed by atoms with Crippen LogP contribution in [0.3, 0.4) is 0 Å². The van der Waals surface area contributed by atoms with E-state index in [4.69, 9.17) is 0 Å². The molecular formula is C15H23N2O3S-. The maximum Gasteiger partial charge on any atom is 0.220 e. The van der Waals surface area contributed by atoms with Crippen LogP contribution in [0.15, 0.2) is 24.3 Å². The minimum atomic E-state index is -2.30. The van der Waals surface area contributed by atoms with Gasteiger partial charge in [0.2, 0.25) is 5.91 Å². The van der Waals surface area contributed by atoms with Crippen molar-refractivity contribution >= 4 is 22.9 Å². The second-order valence-electron chi connectivity index (χ2n) is 6.19. The predicted molar refractivity (Wildman–Crippen MR) is 84.4 cm³/mol. The zero-order valence-electron chi connectivity index (χ0n) is 12.8. The Balaban J connectivity index is 2.29. The molecule has 6 heteroatoms. The summed E-state index contributed by atoms with van der Waals surface area (Å²) in [6.07, 6.45) is 2.13. The van der Waals surface area contributed by atoms with E-state index in [1.807, 2.05) is 12.1 Å². The van der Waals surface area contributed by atoms with E-state index in [1.54, 1.807) is 12.1 Å². The predicted octanol–water partition coefficient (Wildman–Crippen LogP) is 2.38. The molecule has 1 aromatic carbocycles. The summed E-state index contributed by atoms with van der Waals surface area (Å²) < 4.78 is 23.2. The molecule has 0 saturated carbocycles. The normalized spacial score (nSPS) is 12.8. The van der Waals surface area contributed by atoms with Crippen molar-refractivity contribution in [3.05, 3.63) is 29.8 Å². The van der Waals surface area contributed by atoms with E-state index in [2.05, 4.69) is 30.8 Å². The molecule has 0 aromatic heterocycles. The molecule has 0 fully saturated rings. The first kappa shape index (κ1) is 17.7. The molecule has 1 rings (SSSR count). The second kappa shape index (κ2) is 8.14. The van der Waals surface area contributed by atoms with E-state index in [1.165, 1.54) is 0 Å². The van der Waals surface area contributed by atoms with Gasteiger partial charge >= 0.3 is 0 Å². The van der Waals surface area contributed by atoms with Gasteiger partial charge in [0.05, 0.1) is 0 Å². The summed E-state index contributed by atoms with van der Waals surface area (Å²) in [5.74, 6) is 0.0740. The van der Waals surface area contributed by atoms with Gasteiger partial charge in [0.15, 0.2) is 0 Å². The fourth-order valence-corrected chi connectivity index (χ4v) is 2.09. The van der Waals surface area contributed by atoms with Crippen molar-refractivity contribution in [2.24, 2.45) is 5.41 Å². The van der Waals surface area contributed by atoms with Crippen molar-refractivity contribution in [2.75, 3.05) is 11.3 Å². The average Bonchev–Trinajstić information content (AvgIpc) is 2.37. The number of carbonyl (C=O) groups is 1. The third kappa shape index (κ3) is 8.47. The molecule has 1 aromatic rings. The van der Waals surface area contributed by atoms with Gasteiger partial charge < -0.3 is 14.6 Å². The SMILES string of the molecule is CC(C)(C)CCC(=O)NCCc1ccc(NS(=O)[O-])cc1. The number of anilines is 1. The topological polar surface area (TPSA) is 81.3 Å². The molecule has 2 N–H and O–H groups in total. The van der Waals surface area contributed by atoms with Crippen molar-refractivity contribution in [1.29, 1.82) is 0 Å². The van der Waals surface area contributed by atoms with Gasteiger partial charge in [-0.05, 0) is 36.0 Å². The average molecular weight is 311 g/mol. The molecule has 0 spiro atoms. The van der Waals surface area contributed by atoms with E-state index < -0.39 is 11.3 Å². The van der Waals surface area contributed by atoms with Gasteiger partial charge in [0.1, 0.15) is 0 Å². The number of benzene rings is 1. The zero-order chi connectivity index (χ0) is 15.9. The molecule has 5 nitrogen and oxygen atoms in total. The summed E-state index contributed by atoms with van der Waals surface area (Å²) in [6, 6.07) is 7.09. The number of hydrogen-bond donors (Lipinski definition) is 2. The van der Waals surface area contributed by atoms with Crippen molar-refractivity contribution in [2.45, 2.75) is 40.0 Å². The quantitative estimate of drug-likeness (QED) is 0.759. The van der Waals surface area contributed by atoms with Crippen LogP contribution in [0.5, 0.6) is 0 Å². The summed E-state index contributed by atoms with van der Waals surface area (Å²) in [5.41, 5.74) is 1.75. The summed E-state index contributed by atoms with van der Waals surface area (Å²) in [5, 5.41) is 2.90. The van der Waals surface area contributed by atoms with Gasteiger partial charge in [-0.2, -0.15) is 0 Å². The highest BCUT2D eigenvalue weighted by Crippen LogP contribution is 2.20. The van der Waals surface area contributed by atoms with Crippen molar-refractivity contribution in [1.82, 2.24) is 5.32 Å². The minimum Gasteiger partial charge on any atom is -0.755 e. The Kier molecular flexibility index (Phi) is 6.84. The van der Waals surface area contributed by atoms with E-state index in [-0.39, 0.29) is 11.3 Å². The Morgan fingerprint density at radius 1 is 1.24 bits per heavy atom. The van der Waals surface area contributed by atoms with Crippen LogP contribution in [0.1, 0.15) is 39.2 Å². The first-order valence-corrected chi connectivity index (χ1v) is 8.05. The third-order valence-electron chi connectivity index (χ3n) is 2.99. The number of hydrogen-bond acceptors (Lipinski definition) is 3. The Morgan fingerprint density at radius 3 is 2.38 bits per heavy atom. The Bertz CT molecular complexity index is 481. The monoisotopic (exact) mass is 311 g/mol. The van der Waals surface area contributed by atoms with Crippen LogP contribution in [-0.4, -0.2) is 21.2 Å². The highest BCUT2D eigenvalue weighted by atomic mass is 32.2. The Morgan fingerprint density at radius 2 is 1.86 bits per heavy atom. The molecule has 0 heterocycles. The van der Waals surface area contributed by atoms with Crippen LogP contribution in [0.2, 0.25) is 0 Å². The largest absolute Gasteiger partial charge is 0.755 e. The third-order valence-corrected chi connectivity index (χ3v) is 3.40. The van der Waals surface area contributed by atoms with E-state index in [0.29, 0.717) is 18.7 Å². The molecule has 1 unspecified atom stereocenters. The molecule has 0 aliphatic heterocycles. The summed E-state index contributed by atoms with van der Waals surface area (Å²) in [7, 11) is 0. The summed E-state index contributed by atoms with van der Waals surface area (Å²) in [4.78, 5) is 11.7. The standard InChI is InChI=1S/C15H24N2O3S/c1-15(2,3)10-8-14(18)16-11-9-12-4-6-13(7-5-12)17-21(19)20/h4-7,17H,8-11H2,1-3H3,(H,16,18)(H,19,20)/p-1. The number of amides is 1. The molecular weight excluding hydrogens is 288 g/mol. The van der Waals surface area contributed by atoms with E-state index >= 15 is 0 Å². The molecule has 1 amide bonds. The lowest BCUT2D eigenvalue weighted by Crippen LogP contribution is -2.26. The van der Waals surface area contributed by atoms with Gasteiger partial charge in [0.25, 0.3) is 0 Å². The highest BCUT2D eigenvalue weighted by Gasteiger charge is 2.12. The van der Waals surface area contributed by atoms with Crippen LogP contribution in [-0.2, 0) is 22.5 Å².